The molecule has 1 rings (SSSR count). The van der Waals surface area contributed by atoms with Crippen molar-refractivity contribution in [1.29, 1.82) is 0 Å². The second kappa shape index (κ2) is 4.96. The van der Waals surface area contributed by atoms with E-state index in [-0.39, 0.29) is 0 Å². The summed E-state index contributed by atoms with van der Waals surface area (Å²) in [5.41, 5.74) is 1.24. The molecule has 1 nitrogen and oxygen atoms in total. The largest absolute Gasteiger partial charge is 0.298 e. The quantitative estimate of drug-likeness (QED) is 0.428. The minimum absolute atomic E-state index is 0.474. The minimum Gasteiger partial charge on any atom is -0.298 e. The van der Waals surface area contributed by atoms with Crippen molar-refractivity contribution in [2.75, 3.05) is 5.75 Å². The highest BCUT2D eigenvalue weighted by Crippen LogP contribution is 2.15. The Hall–Kier alpha value is -0.910. The fourth-order valence-electron chi connectivity index (χ4n) is 0.847. The van der Waals surface area contributed by atoms with E-state index in [4.69, 9.17) is 11.6 Å². The summed E-state index contributed by atoms with van der Waals surface area (Å²) in [6.07, 6.45) is 0.766. The van der Waals surface area contributed by atoms with Gasteiger partial charge in [0.05, 0.1) is 10.8 Å². The number of hydrogen-bond donors (Lipinski definition) is 1. The molecule has 0 amide bonds. The van der Waals surface area contributed by atoms with Crippen LogP contribution < -0.4 is 0 Å². The zero-order chi connectivity index (χ0) is 9.68. The van der Waals surface area contributed by atoms with Gasteiger partial charge in [-0.05, 0) is 12.1 Å². The van der Waals surface area contributed by atoms with Crippen LogP contribution in [0.3, 0.4) is 0 Å². The molecular weight excluding hydrogens is 204 g/mol. The van der Waals surface area contributed by atoms with Crippen LogP contribution in [-0.4, -0.2) is 12.0 Å². The van der Waals surface area contributed by atoms with Gasteiger partial charge < -0.3 is 0 Å². The molecule has 0 fully saturated rings. The highest BCUT2D eigenvalue weighted by atomic mass is 35.5. The van der Waals surface area contributed by atoms with E-state index in [0.29, 0.717) is 21.9 Å². The fourth-order valence-corrected chi connectivity index (χ4v) is 1.09. The van der Waals surface area contributed by atoms with Crippen LogP contribution in [-0.2, 0) is 0 Å². The van der Waals surface area contributed by atoms with Gasteiger partial charge in [0.2, 0.25) is 0 Å². The molecule has 0 saturated heterocycles. The van der Waals surface area contributed by atoms with Gasteiger partial charge in [-0.15, -0.1) is 0 Å². The van der Waals surface area contributed by atoms with Crippen molar-refractivity contribution in [3.63, 3.8) is 0 Å². The lowest BCUT2D eigenvalue weighted by Crippen LogP contribution is -1.83. The van der Waals surface area contributed by atoms with Gasteiger partial charge in [0.25, 0.3) is 0 Å². The Bertz CT molecular complexity index is 376. The molecule has 0 heterocycles. The lowest BCUT2D eigenvalue weighted by molar-refractivity contribution is 0.112. The van der Waals surface area contributed by atoms with Gasteiger partial charge in [-0.25, -0.2) is 0 Å². The summed E-state index contributed by atoms with van der Waals surface area (Å²) in [5, 5.41) is 0.555. The first-order valence-electron chi connectivity index (χ1n) is 3.62. The molecule has 13 heavy (non-hydrogen) atoms. The van der Waals surface area contributed by atoms with Crippen LogP contribution in [0.15, 0.2) is 18.2 Å². The average molecular weight is 211 g/mol. The van der Waals surface area contributed by atoms with E-state index in [1.54, 1.807) is 18.2 Å². The number of benzene rings is 1. The summed E-state index contributed by atoms with van der Waals surface area (Å²) in [6, 6.07) is 4.97. The highest BCUT2D eigenvalue weighted by Gasteiger charge is 1.97. The zero-order valence-electron chi connectivity index (χ0n) is 6.75. The van der Waals surface area contributed by atoms with Crippen LogP contribution in [0.25, 0.3) is 0 Å². The maximum absolute atomic E-state index is 10.4. The van der Waals surface area contributed by atoms with Gasteiger partial charge >= 0.3 is 0 Å². The normalized spacial score (nSPS) is 8.77. The molecule has 1 aromatic carbocycles. The molecule has 0 bridgehead atoms. The van der Waals surface area contributed by atoms with Crippen LogP contribution in [0.5, 0.6) is 0 Å². The van der Waals surface area contributed by atoms with Crippen molar-refractivity contribution in [3.05, 3.63) is 34.3 Å². The van der Waals surface area contributed by atoms with Crippen molar-refractivity contribution in [1.82, 2.24) is 0 Å². The molecule has 0 saturated carbocycles. The van der Waals surface area contributed by atoms with Crippen molar-refractivity contribution in [3.8, 4) is 11.8 Å². The molecule has 0 atom stereocenters. The van der Waals surface area contributed by atoms with Gasteiger partial charge in [0, 0.05) is 11.1 Å². The Morgan fingerprint density at radius 3 is 2.92 bits per heavy atom. The Morgan fingerprint density at radius 1 is 1.54 bits per heavy atom. The SMILES string of the molecule is O=Cc1ccc(Cl)c(C#CCS)c1. The fraction of sp³-hybridized carbons (Fsp3) is 0.100. The molecule has 0 aliphatic heterocycles. The van der Waals surface area contributed by atoms with Crippen LogP contribution in [0.1, 0.15) is 15.9 Å². The molecule has 3 heteroatoms. The van der Waals surface area contributed by atoms with Gasteiger partial charge in [-0.2, -0.15) is 12.6 Å². The number of rotatable bonds is 1. The summed E-state index contributed by atoms with van der Waals surface area (Å²) < 4.78 is 0. The first-order chi connectivity index (χ1) is 6.27. The molecule has 1 aromatic rings. The van der Waals surface area contributed by atoms with E-state index < -0.39 is 0 Å². The molecule has 0 aliphatic rings. The Morgan fingerprint density at radius 2 is 2.31 bits per heavy atom. The molecule has 0 radical (unpaired) electrons. The Kier molecular flexibility index (Phi) is 3.88. The summed E-state index contributed by atoms with van der Waals surface area (Å²) in [6.45, 7) is 0. The average Bonchev–Trinajstić information content (AvgIpc) is 2.17. The van der Waals surface area contributed by atoms with E-state index in [2.05, 4.69) is 24.5 Å². The van der Waals surface area contributed by atoms with Gasteiger partial charge in [0.15, 0.2) is 0 Å². The monoisotopic (exact) mass is 210 g/mol. The smallest absolute Gasteiger partial charge is 0.150 e. The van der Waals surface area contributed by atoms with Crippen LogP contribution >= 0.6 is 24.2 Å². The molecule has 0 unspecified atom stereocenters. The second-order valence-corrected chi connectivity index (χ2v) is 3.04. The third-order valence-corrected chi connectivity index (χ3v) is 1.92. The maximum Gasteiger partial charge on any atom is 0.150 e. The molecule has 0 N–H and O–H groups in total. The number of carbonyl (C=O) groups excluding carboxylic acids is 1. The van der Waals surface area contributed by atoms with Crippen LogP contribution in [0.2, 0.25) is 5.02 Å². The molecular formula is C10H7ClOS. The van der Waals surface area contributed by atoms with E-state index in [9.17, 15) is 4.79 Å². The molecule has 0 aliphatic carbocycles. The first kappa shape index (κ1) is 10.2. The number of aldehydes is 1. The van der Waals surface area contributed by atoms with Crippen molar-refractivity contribution in [2.24, 2.45) is 0 Å². The van der Waals surface area contributed by atoms with Crippen LogP contribution in [0, 0.1) is 11.8 Å². The Labute approximate surface area is 87.5 Å². The predicted octanol–water partition coefficient (Wildman–Crippen LogP) is 2.43. The lowest BCUT2D eigenvalue weighted by atomic mass is 10.1. The topological polar surface area (TPSA) is 17.1 Å². The van der Waals surface area contributed by atoms with Crippen molar-refractivity contribution >= 4 is 30.5 Å². The second-order valence-electron chi connectivity index (χ2n) is 2.32. The number of carbonyl (C=O) groups is 1. The number of hydrogen-bond acceptors (Lipinski definition) is 2. The van der Waals surface area contributed by atoms with E-state index >= 15 is 0 Å². The maximum atomic E-state index is 10.4. The molecule has 0 aromatic heterocycles. The van der Waals surface area contributed by atoms with Gasteiger partial charge in [-0.3, -0.25) is 4.79 Å². The zero-order valence-corrected chi connectivity index (χ0v) is 8.40. The number of thiol groups is 1. The lowest BCUT2D eigenvalue weighted by Gasteiger charge is -1.95. The molecule has 0 spiro atoms. The van der Waals surface area contributed by atoms with E-state index in [1.165, 1.54) is 0 Å². The first-order valence-corrected chi connectivity index (χ1v) is 4.63. The summed E-state index contributed by atoms with van der Waals surface area (Å²) in [7, 11) is 0. The number of halogens is 1. The third-order valence-electron chi connectivity index (χ3n) is 1.43. The summed E-state index contributed by atoms with van der Waals surface area (Å²) in [4.78, 5) is 10.4. The van der Waals surface area contributed by atoms with E-state index in [0.717, 1.165) is 6.29 Å². The van der Waals surface area contributed by atoms with E-state index in [1.807, 2.05) is 0 Å². The van der Waals surface area contributed by atoms with Crippen molar-refractivity contribution < 1.29 is 4.79 Å². The Balaban J connectivity index is 3.11. The van der Waals surface area contributed by atoms with Crippen LogP contribution in [0.4, 0.5) is 0 Å². The summed E-state index contributed by atoms with van der Waals surface area (Å²) >= 11 is 9.79. The van der Waals surface area contributed by atoms with Gasteiger partial charge in [-0.1, -0.05) is 29.5 Å². The summed E-state index contributed by atoms with van der Waals surface area (Å²) in [5.74, 6) is 6.06. The minimum atomic E-state index is 0.474. The third kappa shape index (κ3) is 2.80. The predicted molar refractivity (Wildman–Crippen MR) is 57.6 cm³/mol. The molecule has 66 valence electrons. The van der Waals surface area contributed by atoms with Crippen molar-refractivity contribution in [2.45, 2.75) is 0 Å². The standard InChI is InChI=1S/C10H7ClOS/c11-10-4-3-8(7-12)6-9(10)2-1-5-13/h3-4,6-7,13H,5H2. The van der Waals surface area contributed by atoms with Gasteiger partial charge in [0.1, 0.15) is 6.29 Å². The highest BCUT2D eigenvalue weighted by molar-refractivity contribution is 7.80.